The number of aliphatic imine (C=N–C) groups is 1. The molecule has 0 saturated carbocycles. The molecule has 12 heteroatoms. The zero-order chi connectivity index (χ0) is 27.5. The van der Waals surface area contributed by atoms with E-state index in [2.05, 4.69) is 9.97 Å². The van der Waals surface area contributed by atoms with E-state index in [1.165, 1.54) is 36.1 Å². The summed E-state index contributed by atoms with van der Waals surface area (Å²) < 4.78 is 11.8. The number of methoxy groups -OCH3 is 2. The molecule has 4 heterocycles. The molecule has 1 amide bonds. The summed E-state index contributed by atoms with van der Waals surface area (Å²) in [7, 11) is 4.46. The number of benzene rings is 1. The molecule has 38 heavy (non-hydrogen) atoms. The lowest BCUT2D eigenvalue weighted by Crippen LogP contribution is -2.39. The summed E-state index contributed by atoms with van der Waals surface area (Å²) in [6.45, 7) is 3.84. The highest BCUT2D eigenvalue weighted by Gasteiger charge is 2.53. The number of carbonyl (C=O) groups excluding carboxylic acids is 1. The first kappa shape index (κ1) is 25.9. The average Bonchev–Trinajstić information content (AvgIpc) is 3.14. The fourth-order valence-corrected chi connectivity index (χ4v) is 5.60. The molecule has 0 spiro atoms. The first-order valence-electron chi connectivity index (χ1n) is 11.7. The second-order valence-electron chi connectivity index (χ2n) is 9.30. The molecule has 0 bridgehead atoms. The van der Waals surface area contributed by atoms with Crippen LogP contribution in [0.15, 0.2) is 40.4 Å². The number of nitrogens with one attached hydrogen (secondary N) is 1. The van der Waals surface area contributed by atoms with Crippen LogP contribution < -0.4 is 19.9 Å². The maximum Gasteiger partial charge on any atom is 0.319 e. The van der Waals surface area contributed by atoms with Gasteiger partial charge in [0.15, 0.2) is 0 Å². The summed E-state index contributed by atoms with van der Waals surface area (Å²) in [6, 6.07) is 4.65. The number of rotatable bonds is 5. The molecule has 2 aromatic heterocycles. The molecular formula is C26H24Cl2N6O4. The third kappa shape index (κ3) is 3.86. The van der Waals surface area contributed by atoms with Crippen molar-refractivity contribution in [1.29, 1.82) is 5.41 Å². The van der Waals surface area contributed by atoms with Crippen molar-refractivity contribution in [2.75, 3.05) is 19.1 Å². The summed E-state index contributed by atoms with van der Waals surface area (Å²) in [5, 5.41) is 9.69. The van der Waals surface area contributed by atoms with Crippen molar-refractivity contribution in [2.45, 2.75) is 19.9 Å². The van der Waals surface area contributed by atoms with E-state index in [0.29, 0.717) is 38.1 Å². The van der Waals surface area contributed by atoms with Crippen LogP contribution >= 0.6 is 23.2 Å². The number of fused-ring (bicyclic) bond motifs is 6. The monoisotopic (exact) mass is 554 g/mol. The number of hydrogen-bond donors (Lipinski definition) is 1. The Hall–Kier alpha value is -3.76. The van der Waals surface area contributed by atoms with Crippen LogP contribution in [0.3, 0.4) is 0 Å². The molecule has 1 aromatic carbocycles. The molecule has 2 atom stereocenters. The molecule has 5 rings (SSSR count). The van der Waals surface area contributed by atoms with Crippen molar-refractivity contribution in [3.05, 3.63) is 56.6 Å². The predicted molar refractivity (Wildman–Crippen MR) is 146 cm³/mol. The summed E-state index contributed by atoms with van der Waals surface area (Å²) in [5.41, 5.74) is 2.14. The summed E-state index contributed by atoms with van der Waals surface area (Å²) in [6.07, 6.45) is 2.97. The van der Waals surface area contributed by atoms with Crippen molar-refractivity contribution in [3.63, 3.8) is 0 Å². The number of anilines is 1. The van der Waals surface area contributed by atoms with Crippen molar-refractivity contribution in [3.8, 4) is 23.0 Å². The first-order chi connectivity index (χ1) is 18.1. The van der Waals surface area contributed by atoms with Gasteiger partial charge < -0.3 is 14.0 Å². The Balaban J connectivity index is 1.78. The zero-order valence-corrected chi connectivity index (χ0v) is 22.8. The molecular weight excluding hydrogens is 531 g/mol. The molecule has 196 valence electrons. The van der Waals surface area contributed by atoms with E-state index in [-0.39, 0.29) is 29.2 Å². The maximum absolute atomic E-state index is 13.7. The number of amides is 1. The smallest absolute Gasteiger partial charge is 0.319 e. The van der Waals surface area contributed by atoms with Gasteiger partial charge in [0.05, 0.1) is 37.4 Å². The van der Waals surface area contributed by atoms with Crippen molar-refractivity contribution in [2.24, 2.45) is 23.9 Å². The van der Waals surface area contributed by atoms with Crippen molar-refractivity contribution in [1.82, 2.24) is 14.5 Å². The quantitative estimate of drug-likeness (QED) is 0.458. The molecule has 3 aromatic rings. The van der Waals surface area contributed by atoms with E-state index >= 15 is 0 Å². The Bertz CT molecular complexity index is 1600. The largest absolute Gasteiger partial charge is 0.479 e. The van der Waals surface area contributed by atoms with Crippen molar-refractivity contribution >= 4 is 51.9 Å². The van der Waals surface area contributed by atoms with Gasteiger partial charge in [-0.05, 0) is 29.2 Å². The minimum atomic E-state index is -0.786. The highest BCUT2D eigenvalue weighted by molar-refractivity contribution is 6.50. The molecule has 0 aliphatic carbocycles. The summed E-state index contributed by atoms with van der Waals surface area (Å²) in [4.78, 5) is 41.7. The van der Waals surface area contributed by atoms with Crippen LogP contribution in [0.4, 0.5) is 11.4 Å². The van der Waals surface area contributed by atoms with Gasteiger partial charge in [-0.25, -0.2) is 9.98 Å². The number of halogens is 2. The van der Waals surface area contributed by atoms with E-state index in [4.69, 9.17) is 43.1 Å². The van der Waals surface area contributed by atoms with Gasteiger partial charge in [-0.3, -0.25) is 19.9 Å². The maximum atomic E-state index is 13.7. The number of nitrogens with zero attached hydrogens (tertiary/aromatic N) is 5. The van der Waals surface area contributed by atoms with Gasteiger partial charge in [-0.1, -0.05) is 43.1 Å². The van der Waals surface area contributed by atoms with Gasteiger partial charge in [0.25, 0.3) is 11.5 Å². The van der Waals surface area contributed by atoms with Crippen LogP contribution in [0.1, 0.15) is 25.5 Å². The molecule has 10 nitrogen and oxygen atoms in total. The number of pyridine rings is 1. The lowest BCUT2D eigenvalue weighted by Gasteiger charge is -2.36. The van der Waals surface area contributed by atoms with E-state index < -0.39 is 23.4 Å². The number of ether oxygens (including phenoxy) is 2. The summed E-state index contributed by atoms with van der Waals surface area (Å²) >= 11 is 13.0. The van der Waals surface area contributed by atoms with Gasteiger partial charge >= 0.3 is 6.01 Å². The van der Waals surface area contributed by atoms with Crippen molar-refractivity contribution < 1.29 is 14.3 Å². The normalized spacial score (nSPS) is 18.4. The molecule has 1 fully saturated rings. The standard InChI is InChI=1S/C26H24Cl2N6O4/c1-11(2)20(31-16-9-30-26(38-5)32-23(16)37-4)18-19(29)24(35)34-21(18)13-7-6-12(27)8-14(13)17-15(28)10-33(3)25(36)22(17)34/h6-11,18,21,29H,1-5H3. The topological polar surface area (TPSA) is 123 Å². The second kappa shape index (κ2) is 9.52. The Morgan fingerprint density at radius 3 is 2.58 bits per heavy atom. The predicted octanol–water partition coefficient (Wildman–Crippen LogP) is 4.63. The third-order valence-electron chi connectivity index (χ3n) is 6.75. The Morgan fingerprint density at radius 1 is 1.18 bits per heavy atom. The first-order valence-corrected chi connectivity index (χ1v) is 12.5. The number of carbonyl (C=O) groups is 1. The molecule has 2 aliphatic rings. The zero-order valence-electron chi connectivity index (χ0n) is 21.2. The van der Waals surface area contributed by atoms with Gasteiger partial charge in [-0.15, -0.1) is 0 Å². The molecule has 0 radical (unpaired) electrons. The van der Waals surface area contributed by atoms with E-state index in [1.54, 1.807) is 25.2 Å². The molecule has 2 unspecified atom stereocenters. The Morgan fingerprint density at radius 2 is 1.92 bits per heavy atom. The third-order valence-corrected chi connectivity index (χ3v) is 7.27. The van der Waals surface area contributed by atoms with Crippen LogP contribution in [0.25, 0.3) is 11.1 Å². The van der Waals surface area contributed by atoms with Gasteiger partial charge in [-0.2, -0.15) is 4.98 Å². The van der Waals surface area contributed by atoms with Gasteiger partial charge in [0.2, 0.25) is 5.88 Å². The van der Waals surface area contributed by atoms with Gasteiger partial charge in [0.1, 0.15) is 17.1 Å². The van der Waals surface area contributed by atoms with Crippen LogP contribution in [0.5, 0.6) is 11.9 Å². The van der Waals surface area contributed by atoms with E-state index in [1.807, 2.05) is 13.8 Å². The lowest BCUT2D eigenvalue weighted by molar-refractivity contribution is -0.112. The van der Waals surface area contributed by atoms with E-state index in [0.717, 1.165) is 0 Å². The van der Waals surface area contributed by atoms with Crippen LogP contribution in [0, 0.1) is 17.2 Å². The SMILES string of the molecule is COc1ncc(N=C(C(C)C)C2C(=N)C(=O)N3c4c(c(Cl)cn(C)c4=O)-c4cc(Cl)ccc4C23)c(OC)n1. The molecule has 1 N–H and O–H groups in total. The highest BCUT2D eigenvalue weighted by atomic mass is 35.5. The fraction of sp³-hybridized carbons (Fsp3) is 0.308. The fourth-order valence-electron chi connectivity index (χ4n) is 5.09. The highest BCUT2D eigenvalue weighted by Crippen LogP contribution is 2.53. The van der Waals surface area contributed by atoms with Crippen LogP contribution in [-0.4, -0.2) is 46.1 Å². The minimum Gasteiger partial charge on any atom is -0.479 e. The second-order valence-corrected chi connectivity index (χ2v) is 10.1. The molecule has 2 aliphatic heterocycles. The van der Waals surface area contributed by atoms with E-state index in [9.17, 15) is 9.59 Å². The molecule has 1 saturated heterocycles. The summed E-state index contributed by atoms with van der Waals surface area (Å²) in [5.74, 6) is -1.39. The van der Waals surface area contributed by atoms with Crippen LogP contribution in [0.2, 0.25) is 10.0 Å². The Labute approximate surface area is 228 Å². The van der Waals surface area contributed by atoms with Gasteiger partial charge in [0, 0.05) is 29.5 Å². The number of aryl methyl sites for hydroxylation is 1. The number of aromatic nitrogens is 3. The average molecular weight is 555 g/mol. The minimum absolute atomic E-state index is 0.115. The number of hydrogen-bond acceptors (Lipinski definition) is 8. The Kier molecular flexibility index (Phi) is 6.48. The lowest BCUT2D eigenvalue weighted by atomic mass is 9.79. The van der Waals surface area contributed by atoms with Crippen LogP contribution in [-0.2, 0) is 11.8 Å².